The number of hydrogen-bond donors (Lipinski definition) is 0. The Morgan fingerprint density at radius 2 is 2.07 bits per heavy atom. The molecular weight excluding hydrogens is 364 g/mol. The highest BCUT2D eigenvalue weighted by atomic mass is 16.5. The summed E-state index contributed by atoms with van der Waals surface area (Å²) in [4.78, 5) is 14.6. The summed E-state index contributed by atoms with van der Waals surface area (Å²) in [5.74, 6) is 2.61. The van der Waals surface area contributed by atoms with Crippen molar-refractivity contribution in [2.45, 2.75) is 51.7 Å². The zero-order valence-electron chi connectivity index (χ0n) is 17.9. The minimum atomic E-state index is 0.378. The van der Waals surface area contributed by atoms with E-state index in [9.17, 15) is 0 Å². The maximum atomic E-state index is 5.63. The average molecular weight is 397 g/mol. The predicted octanol–water partition coefficient (Wildman–Crippen LogP) is 3.60. The lowest BCUT2D eigenvalue weighted by Gasteiger charge is -2.33. The number of likely N-dealkylation sites (tertiary alicyclic amines) is 1. The fourth-order valence-corrected chi connectivity index (χ4v) is 4.43. The van der Waals surface area contributed by atoms with E-state index < -0.39 is 0 Å². The zero-order chi connectivity index (χ0) is 20.2. The largest absolute Gasteiger partial charge is 0.493 e. The second kappa shape index (κ2) is 9.09. The van der Waals surface area contributed by atoms with Gasteiger partial charge in [0.05, 0.1) is 19.8 Å². The van der Waals surface area contributed by atoms with E-state index in [1.165, 1.54) is 36.1 Å². The summed E-state index contributed by atoms with van der Waals surface area (Å²) in [5.41, 5.74) is 3.72. The molecule has 6 nitrogen and oxygen atoms in total. The molecule has 3 heterocycles. The molecule has 1 fully saturated rings. The Morgan fingerprint density at radius 1 is 1.17 bits per heavy atom. The van der Waals surface area contributed by atoms with Crippen LogP contribution in [0, 0.1) is 0 Å². The molecule has 156 valence electrons. The highest BCUT2D eigenvalue weighted by molar-refractivity contribution is 5.43. The van der Waals surface area contributed by atoms with E-state index in [2.05, 4.69) is 35.2 Å². The Labute approximate surface area is 173 Å². The lowest BCUT2D eigenvalue weighted by Crippen LogP contribution is -2.33. The van der Waals surface area contributed by atoms with Crippen LogP contribution in [0.5, 0.6) is 11.5 Å². The first-order valence-corrected chi connectivity index (χ1v) is 10.7. The van der Waals surface area contributed by atoms with Crippen molar-refractivity contribution in [3.63, 3.8) is 0 Å². The molecule has 1 aromatic heterocycles. The predicted molar refractivity (Wildman–Crippen MR) is 113 cm³/mol. The van der Waals surface area contributed by atoms with Crippen LogP contribution in [0.4, 0.5) is 0 Å². The maximum Gasteiger partial charge on any atom is 0.161 e. The van der Waals surface area contributed by atoms with Crippen LogP contribution in [0.1, 0.15) is 54.9 Å². The van der Waals surface area contributed by atoms with E-state index >= 15 is 0 Å². The van der Waals surface area contributed by atoms with Crippen molar-refractivity contribution < 1.29 is 9.47 Å². The van der Waals surface area contributed by atoms with Gasteiger partial charge in [-0.25, -0.2) is 9.97 Å². The molecule has 29 heavy (non-hydrogen) atoms. The van der Waals surface area contributed by atoms with Gasteiger partial charge in [-0.3, -0.25) is 9.80 Å². The van der Waals surface area contributed by atoms with Crippen molar-refractivity contribution in [1.29, 1.82) is 0 Å². The van der Waals surface area contributed by atoms with Gasteiger partial charge in [0.2, 0.25) is 0 Å². The normalized spacial score (nSPS) is 20.3. The van der Waals surface area contributed by atoms with Crippen LogP contribution in [0.2, 0.25) is 0 Å². The molecule has 1 atom stereocenters. The highest BCUT2D eigenvalue weighted by Crippen LogP contribution is 2.30. The first-order valence-electron chi connectivity index (χ1n) is 10.7. The highest BCUT2D eigenvalue weighted by Gasteiger charge is 2.25. The molecule has 2 aliphatic rings. The number of fused-ring (bicyclic) bond motifs is 1. The molecule has 0 unspecified atom stereocenters. The van der Waals surface area contributed by atoms with Crippen LogP contribution in [0.25, 0.3) is 0 Å². The molecule has 6 heteroatoms. The lowest BCUT2D eigenvalue weighted by atomic mass is 10.0. The number of aromatic nitrogens is 2. The van der Waals surface area contributed by atoms with Gasteiger partial charge in [0.1, 0.15) is 5.82 Å². The standard InChI is InChI=1S/C23H32N4O2/c1-4-29-21-9-8-17(13-22(21)28-3)15-27-12-10-19-18(16-27)14-24-23(25-19)20-7-5-6-11-26(20)2/h8-9,13-14,20H,4-7,10-12,15-16H2,1-3H3/t20-/m1/s1. The van der Waals surface area contributed by atoms with Crippen LogP contribution < -0.4 is 9.47 Å². The van der Waals surface area contributed by atoms with E-state index in [4.69, 9.17) is 19.4 Å². The molecular formula is C23H32N4O2. The summed E-state index contributed by atoms with van der Waals surface area (Å²) in [6, 6.07) is 6.59. The molecule has 2 aromatic rings. The van der Waals surface area contributed by atoms with E-state index in [-0.39, 0.29) is 0 Å². The number of benzene rings is 1. The number of hydrogen-bond acceptors (Lipinski definition) is 6. The molecule has 0 aliphatic carbocycles. The average Bonchev–Trinajstić information content (AvgIpc) is 2.75. The van der Waals surface area contributed by atoms with Crippen LogP contribution in [-0.2, 0) is 19.5 Å². The third-order valence-electron chi connectivity index (χ3n) is 6.03. The first-order chi connectivity index (χ1) is 14.2. The SMILES string of the molecule is CCOc1ccc(CN2CCc3nc([C@H]4CCCCN4C)ncc3C2)cc1OC. The maximum absolute atomic E-state index is 5.63. The van der Waals surface area contributed by atoms with Gasteiger partial charge in [0.25, 0.3) is 0 Å². The van der Waals surface area contributed by atoms with E-state index in [1.54, 1.807) is 7.11 Å². The van der Waals surface area contributed by atoms with Crippen LogP contribution in [0.3, 0.4) is 0 Å². The zero-order valence-corrected chi connectivity index (χ0v) is 17.9. The Kier molecular flexibility index (Phi) is 6.31. The molecule has 0 radical (unpaired) electrons. The molecule has 0 amide bonds. The minimum absolute atomic E-state index is 0.378. The molecule has 1 aromatic carbocycles. The van der Waals surface area contributed by atoms with E-state index in [1.807, 2.05) is 13.0 Å². The summed E-state index contributed by atoms with van der Waals surface area (Å²) in [6.45, 7) is 6.56. The van der Waals surface area contributed by atoms with Gasteiger partial charge >= 0.3 is 0 Å². The molecule has 0 N–H and O–H groups in total. The molecule has 0 bridgehead atoms. The molecule has 0 saturated carbocycles. The summed E-state index contributed by atoms with van der Waals surface area (Å²) < 4.78 is 11.1. The monoisotopic (exact) mass is 396 g/mol. The number of nitrogens with zero attached hydrogens (tertiary/aromatic N) is 4. The van der Waals surface area contributed by atoms with Gasteiger partial charge in [-0.15, -0.1) is 0 Å². The Balaban J connectivity index is 1.44. The van der Waals surface area contributed by atoms with Gasteiger partial charge in [0.15, 0.2) is 11.5 Å². The van der Waals surface area contributed by atoms with Crippen molar-refractivity contribution in [2.24, 2.45) is 0 Å². The smallest absolute Gasteiger partial charge is 0.161 e. The number of methoxy groups -OCH3 is 1. The fraction of sp³-hybridized carbons (Fsp3) is 0.565. The van der Waals surface area contributed by atoms with Crippen molar-refractivity contribution in [2.75, 3.05) is 33.9 Å². The molecule has 1 saturated heterocycles. The van der Waals surface area contributed by atoms with Crippen molar-refractivity contribution >= 4 is 0 Å². The number of rotatable bonds is 6. The summed E-state index contributed by atoms with van der Waals surface area (Å²) in [7, 11) is 3.89. The van der Waals surface area contributed by atoms with Gasteiger partial charge in [-0.1, -0.05) is 12.5 Å². The van der Waals surface area contributed by atoms with Crippen LogP contribution >= 0.6 is 0 Å². The van der Waals surface area contributed by atoms with Crippen LogP contribution in [-0.4, -0.2) is 53.6 Å². The second-order valence-corrected chi connectivity index (χ2v) is 8.07. The first kappa shape index (κ1) is 20.1. The summed E-state index contributed by atoms with van der Waals surface area (Å²) >= 11 is 0. The van der Waals surface area contributed by atoms with Crippen molar-refractivity contribution in [3.8, 4) is 11.5 Å². The van der Waals surface area contributed by atoms with Gasteiger partial charge in [0, 0.05) is 43.5 Å². The number of ether oxygens (including phenoxy) is 2. The molecule has 2 aliphatic heterocycles. The lowest BCUT2D eigenvalue weighted by molar-refractivity contribution is 0.178. The summed E-state index contributed by atoms with van der Waals surface area (Å²) in [6.07, 6.45) is 6.76. The summed E-state index contributed by atoms with van der Waals surface area (Å²) in [5, 5.41) is 0. The van der Waals surface area contributed by atoms with Crippen molar-refractivity contribution in [3.05, 3.63) is 47.0 Å². The van der Waals surface area contributed by atoms with Crippen molar-refractivity contribution in [1.82, 2.24) is 19.8 Å². The van der Waals surface area contributed by atoms with Gasteiger partial charge in [-0.2, -0.15) is 0 Å². The van der Waals surface area contributed by atoms with Crippen LogP contribution in [0.15, 0.2) is 24.4 Å². The Morgan fingerprint density at radius 3 is 2.86 bits per heavy atom. The van der Waals surface area contributed by atoms with E-state index in [0.29, 0.717) is 12.6 Å². The third-order valence-corrected chi connectivity index (χ3v) is 6.03. The Bertz CT molecular complexity index is 842. The Hall–Kier alpha value is -2.18. The molecule has 4 rings (SSSR count). The quantitative estimate of drug-likeness (QED) is 0.744. The third kappa shape index (κ3) is 4.54. The number of piperidine rings is 1. The molecule has 0 spiro atoms. The van der Waals surface area contributed by atoms with Gasteiger partial charge in [-0.05, 0) is 51.1 Å². The second-order valence-electron chi connectivity index (χ2n) is 8.07. The minimum Gasteiger partial charge on any atom is -0.493 e. The fourth-order valence-electron chi connectivity index (χ4n) is 4.43. The van der Waals surface area contributed by atoms with Gasteiger partial charge < -0.3 is 9.47 Å². The topological polar surface area (TPSA) is 50.7 Å². The van der Waals surface area contributed by atoms with E-state index in [0.717, 1.165) is 49.9 Å².